The monoisotopic (exact) mass is 446 g/mol. The number of hydrogen-bond donors (Lipinski definition) is 0. The second kappa shape index (κ2) is 7.74. The molecule has 0 spiro atoms. The van der Waals surface area contributed by atoms with Crippen LogP contribution in [-0.2, 0) is 11.6 Å². The van der Waals surface area contributed by atoms with Crippen LogP contribution in [0.2, 0.25) is 0 Å². The molecule has 0 saturated heterocycles. The minimum absolute atomic E-state index is 0.0226. The zero-order chi connectivity index (χ0) is 23.1. The van der Waals surface area contributed by atoms with Crippen molar-refractivity contribution >= 4 is 0 Å². The highest BCUT2D eigenvalue weighted by molar-refractivity contribution is 5.54. The molecule has 4 rings (SSSR count). The molecule has 0 unspecified atom stereocenters. The smallest absolute Gasteiger partial charge is 0.250 e. The predicted molar refractivity (Wildman–Crippen MR) is 104 cm³/mol. The van der Waals surface area contributed by atoms with Gasteiger partial charge >= 0.3 is 12.3 Å². The number of halogens is 5. The second-order valence-corrected chi connectivity index (χ2v) is 7.40. The lowest BCUT2D eigenvalue weighted by Gasteiger charge is -2.24. The van der Waals surface area contributed by atoms with E-state index in [4.69, 9.17) is 0 Å². The van der Waals surface area contributed by atoms with Gasteiger partial charge in [0, 0.05) is 17.7 Å². The zero-order valence-corrected chi connectivity index (χ0v) is 16.8. The van der Waals surface area contributed by atoms with Crippen LogP contribution < -0.4 is 0 Å². The maximum Gasteiger partial charge on any atom is 0.435 e. The Kier molecular flexibility index (Phi) is 5.19. The van der Waals surface area contributed by atoms with Gasteiger partial charge in [-0.05, 0) is 44.2 Å². The van der Waals surface area contributed by atoms with Gasteiger partial charge in [0.15, 0.2) is 11.5 Å². The Hall–Kier alpha value is -3.76. The Labute approximate surface area is 178 Å². The van der Waals surface area contributed by atoms with Crippen LogP contribution in [0.15, 0.2) is 54.7 Å². The average Bonchev–Trinajstić information content (AvgIpc) is 3.24. The van der Waals surface area contributed by atoms with Crippen LogP contribution in [0.1, 0.15) is 30.9 Å². The first-order valence-electron chi connectivity index (χ1n) is 9.33. The van der Waals surface area contributed by atoms with E-state index in [9.17, 15) is 22.0 Å². The summed E-state index contributed by atoms with van der Waals surface area (Å²) < 4.78 is 66.6. The van der Waals surface area contributed by atoms with Crippen LogP contribution in [0.3, 0.4) is 0 Å². The molecule has 0 aliphatic heterocycles. The highest BCUT2D eigenvalue weighted by Crippen LogP contribution is 2.31. The molecule has 0 bridgehead atoms. The highest BCUT2D eigenvalue weighted by Gasteiger charge is 2.34. The van der Waals surface area contributed by atoms with Crippen molar-refractivity contribution in [1.29, 1.82) is 0 Å². The Morgan fingerprint density at radius 3 is 2.09 bits per heavy atom. The lowest BCUT2D eigenvalue weighted by Crippen LogP contribution is -2.23. The van der Waals surface area contributed by atoms with E-state index in [1.165, 1.54) is 12.3 Å². The van der Waals surface area contributed by atoms with Crippen LogP contribution in [0.25, 0.3) is 17.2 Å². The fourth-order valence-electron chi connectivity index (χ4n) is 3.08. The van der Waals surface area contributed by atoms with Crippen LogP contribution in [0, 0.1) is 12.0 Å². The fraction of sp³-hybridized carbons (Fsp3) is 0.190. The maximum atomic E-state index is 13.5. The molecule has 32 heavy (non-hydrogen) atoms. The van der Waals surface area contributed by atoms with Gasteiger partial charge in [0.1, 0.15) is 0 Å². The molecule has 0 saturated carbocycles. The van der Waals surface area contributed by atoms with Gasteiger partial charge in [-0.2, -0.15) is 32.0 Å². The maximum absolute atomic E-state index is 13.5. The summed E-state index contributed by atoms with van der Waals surface area (Å²) in [6.45, 7) is 3.63. The van der Waals surface area contributed by atoms with E-state index >= 15 is 0 Å². The lowest BCUT2D eigenvalue weighted by molar-refractivity contribution is -0.141. The Morgan fingerprint density at radius 1 is 0.750 bits per heavy atom. The SMILES string of the molecule is CC(C)(c1cccc(-c2cc(F)nc(F)n2)n1)c1cccc(-n2ccc(C(F)(F)F)n2)n1. The van der Waals surface area contributed by atoms with Crippen molar-refractivity contribution < 1.29 is 22.0 Å². The number of nitrogens with zero attached hydrogens (tertiary/aromatic N) is 6. The van der Waals surface area contributed by atoms with Crippen LogP contribution >= 0.6 is 0 Å². The van der Waals surface area contributed by atoms with E-state index in [2.05, 4.69) is 25.0 Å². The molecule has 4 heterocycles. The first-order chi connectivity index (χ1) is 15.0. The molecule has 0 radical (unpaired) electrons. The second-order valence-electron chi connectivity index (χ2n) is 7.40. The Bertz CT molecular complexity index is 1260. The number of pyridine rings is 2. The molecular formula is C21H15F5N6. The minimum Gasteiger partial charge on any atom is -0.250 e. The summed E-state index contributed by atoms with van der Waals surface area (Å²) in [6, 6.07) is 11.6. The molecule has 0 aliphatic rings. The molecule has 0 atom stereocenters. The van der Waals surface area contributed by atoms with E-state index in [0.29, 0.717) is 11.4 Å². The van der Waals surface area contributed by atoms with Gasteiger partial charge in [-0.3, -0.25) is 4.98 Å². The predicted octanol–water partition coefficient (Wildman–Crippen LogP) is 4.74. The van der Waals surface area contributed by atoms with Crippen molar-refractivity contribution in [2.24, 2.45) is 0 Å². The van der Waals surface area contributed by atoms with Crippen LogP contribution in [0.4, 0.5) is 22.0 Å². The summed E-state index contributed by atoms with van der Waals surface area (Å²) in [5, 5.41) is 3.55. The van der Waals surface area contributed by atoms with Gasteiger partial charge in [0.25, 0.3) is 0 Å². The average molecular weight is 446 g/mol. The molecular weight excluding hydrogens is 431 g/mol. The number of alkyl halides is 3. The summed E-state index contributed by atoms with van der Waals surface area (Å²) in [5.41, 5.74) is -0.614. The first-order valence-corrected chi connectivity index (χ1v) is 9.33. The van der Waals surface area contributed by atoms with Gasteiger partial charge < -0.3 is 0 Å². The van der Waals surface area contributed by atoms with Crippen molar-refractivity contribution in [2.45, 2.75) is 25.4 Å². The highest BCUT2D eigenvalue weighted by atomic mass is 19.4. The van der Waals surface area contributed by atoms with Gasteiger partial charge in [-0.25, -0.2) is 14.6 Å². The summed E-state index contributed by atoms with van der Waals surface area (Å²) in [4.78, 5) is 15.5. The molecule has 0 aromatic carbocycles. The van der Waals surface area contributed by atoms with Crippen LogP contribution in [0.5, 0.6) is 0 Å². The molecule has 4 aromatic rings. The summed E-state index contributed by atoms with van der Waals surface area (Å²) >= 11 is 0. The van der Waals surface area contributed by atoms with E-state index < -0.39 is 29.3 Å². The fourth-order valence-corrected chi connectivity index (χ4v) is 3.08. The van der Waals surface area contributed by atoms with E-state index in [-0.39, 0.29) is 17.2 Å². The number of aromatic nitrogens is 6. The molecule has 4 aromatic heterocycles. The molecule has 11 heteroatoms. The quantitative estimate of drug-likeness (QED) is 0.257. The number of rotatable bonds is 4. The third kappa shape index (κ3) is 4.18. The third-order valence-corrected chi connectivity index (χ3v) is 4.81. The van der Waals surface area contributed by atoms with Crippen molar-refractivity contribution in [3.05, 3.63) is 83.8 Å². The number of hydrogen-bond acceptors (Lipinski definition) is 5. The third-order valence-electron chi connectivity index (χ3n) is 4.81. The van der Waals surface area contributed by atoms with Gasteiger partial charge in [0.2, 0.25) is 5.95 Å². The van der Waals surface area contributed by atoms with Crippen molar-refractivity contribution in [3.8, 4) is 17.2 Å². The zero-order valence-electron chi connectivity index (χ0n) is 16.8. The van der Waals surface area contributed by atoms with E-state index in [1.807, 2.05) is 13.8 Å². The molecule has 164 valence electrons. The summed E-state index contributed by atoms with van der Waals surface area (Å²) in [5.74, 6) is -0.826. The lowest BCUT2D eigenvalue weighted by atomic mass is 9.84. The van der Waals surface area contributed by atoms with Gasteiger partial charge in [-0.15, -0.1) is 0 Å². The Balaban J connectivity index is 1.71. The largest absolute Gasteiger partial charge is 0.435 e. The standard InChI is InChI=1S/C21H15F5N6/c1-20(2,14-6-3-5-12(27-14)13-11-17(22)30-19(23)28-13)15-7-4-8-18(29-15)32-10-9-16(31-32)21(24,25)26/h3-11H,1-2H3. The topological polar surface area (TPSA) is 69.4 Å². The summed E-state index contributed by atoms with van der Waals surface area (Å²) in [6.07, 6.45) is -4.59. The first kappa shape index (κ1) is 21.5. The normalized spacial score (nSPS) is 12.2. The van der Waals surface area contributed by atoms with E-state index in [1.54, 1.807) is 30.3 Å². The molecule has 0 amide bonds. The molecule has 6 nitrogen and oxygen atoms in total. The minimum atomic E-state index is -4.56. The molecule has 0 N–H and O–H groups in total. The van der Waals surface area contributed by atoms with Crippen molar-refractivity contribution in [3.63, 3.8) is 0 Å². The van der Waals surface area contributed by atoms with Crippen molar-refractivity contribution in [2.75, 3.05) is 0 Å². The Morgan fingerprint density at radius 2 is 1.44 bits per heavy atom. The van der Waals surface area contributed by atoms with Gasteiger partial charge in [0.05, 0.1) is 22.8 Å². The molecule has 0 fully saturated rings. The summed E-state index contributed by atoms with van der Waals surface area (Å²) in [7, 11) is 0. The van der Waals surface area contributed by atoms with Gasteiger partial charge in [-0.1, -0.05) is 12.1 Å². The van der Waals surface area contributed by atoms with E-state index in [0.717, 1.165) is 16.8 Å². The molecule has 0 aliphatic carbocycles. The van der Waals surface area contributed by atoms with Crippen LogP contribution in [-0.4, -0.2) is 29.7 Å². The van der Waals surface area contributed by atoms with Crippen molar-refractivity contribution in [1.82, 2.24) is 29.7 Å².